The van der Waals surface area contributed by atoms with Crippen LogP contribution < -0.4 is 15.8 Å². The largest absolute Gasteiger partial charge is 0.481 e. The van der Waals surface area contributed by atoms with Crippen molar-refractivity contribution in [3.05, 3.63) is 22.5 Å². The highest BCUT2D eigenvalue weighted by molar-refractivity contribution is 5.92. The number of fused-ring (bicyclic) bond motifs is 1. The van der Waals surface area contributed by atoms with Crippen LogP contribution in [-0.2, 0) is 9.59 Å². The lowest BCUT2D eigenvalue weighted by molar-refractivity contribution is -0.136. The summed E-state index contributed by atoms with van der Waals surface area (Å²) >= 11 is 0. The summed E-state index contributed by atoms with van der Waals surface area (Å²) in [5, 5.41) is 11.9. The normalized spacial score (nSPS) is 20.4. The van der Waals surface area contributed by atoms with Gasteiger partial charge in [0.1, 0.15) is 11.3 Å². The first kappa shape index (κ1) is 23.7. The Bertz CT molecular complexity index is 1040. The molecule has 0 spiro atoms. The minimum Gasteiger partial charge on any atom is -0.481 e. The maximum Gasteiger partial charge on any atom is 0.305 e. The van der Waals surface area contributed by atoms with Gasteiger partial charge in [-0.05, 0) is 36.8 Å². The van der Waals surface area contributed by atoms with Gasteiger partial charge >= 0.3 is 5.97 Å². The number of carbonyl (C=O) groups is 2. The van der Waals surface area contributed by atoms with Crippen molar-refractivity contribution in [1.82, 2.24) is 14.5 Å². The topological polar surface area (TPSA) is 117 Å². The van der Waals surface area contributed by atoms with Gasteiger partial charge in [0.05, 0.1) is 6.42 Å². The number of aromatic nitrogens is 3. The molecule has 1 saturated carbocycles. The van der Waals surface area contributed by atoms with E-state index in [1.807, 2.05) is 0 Å². The van der Waals surface area contributed by atoms with E-state index in [0.717, 1.165) is 25.7 Å². The van der Waals surface area contributed by atoms with Gasteiger partial charge in [-0.3, -0.25) is 23.9 Å². The SMILES string of the molecule is CCC(=O)N(C)c1ccc2nc(NCCC(=O)O)c(=O)n(C3C(CC)CCC3CC)c2n1. The highest BCUT2D eigenvalue weighted by atomic mass is 16.4. The number of nitrogens with zero attached hydrogens (tertiary/aromatic N) is 4. The van der Waals surface area contributed by atoms with E-state index in [1.165, 1.54) is 4.90 Å². The molecule has 2 heterocycles. The van der Waals surface area contributed by atoms with Crippen LogP contribution in [0.2, 0.25) is 0 Å². The van der Waals surface area contributed by atoms with Gasteiger partial charge in [-0.1, -0.05) is 33.6 Å². The predicted octanol–water partition coefficient (Wildman–Crippen LogP) is 3.44. The lowest BCUT2D eigenvalue weighted by atomic mass is 9.93. The molecular weight excluding hydrogens is 410 g/mol. The minimum atomic E-state index is -0.943. The van der Waals surface area contributed by atoms with Crippen LogP contribution in [0.3, 0.4) is 0 Å². The van der Waals surface area contributed by atoms with Crippen molar-refractivity contribution in [2.75, 3.05) is 23.8 Å². The number of carboxylic acid groups (broad SMARTS) is 1. The number of nitrogens with one attached hydrogen (secondary N) is 1. The molecule has 2 aromatic rings. The lowest BCUT2D eigenvalue weighted by Crippen LogP contribution is -2.34. The Labute approximate surface area is 187 Å². The smallest absolute Gasteiger partial charge is 0.305 e. The van der Waals surface area contributed by atoms with E-state index in [1.54, 1.807) is 30.7 Å². The second kappa shape index (κ2) is 10.1. The predicted molar refractivity (Wildman–Crippen MR) is 124 cm³/mol. The van der Waals surface area contributed by atoms with E-state index in [-0.39, 0.29) is 36.3 Å². The minimum absolute atomic E-state index is 0.0158. The number of hydrogen-bond donors (Lipinski definition) is 2. The Kier molecular flexibility index (Phi) is 7.48. The van der Waals surface area contributed by atoms with Crippen molar-refractivity contribution < 1.29 is 14.7 Å². The number of carbonyl (C=O) groups excluding carboxylic acids is 1. The van der Waals surface area contributed by atoms with Gasteiger partial charge in [-0.15, -0.1) is 0 Å². The third kappa shape index (κ3) is 4.61. The maximum absolute atomic E-state index is 13.6. The molecule has 1 aliphatic carbocycles. The molecule has 1 aliphatic rings. The summed E-state index contributed by atoms with van der Waals surface area (Å²) in [6.07, 6.45) is 4.24. The van der Waals surface area contributed by atoms with Gasteiger partial charge in [0, 0.05) is 26.1 Å². The fourth-order valence-electron chi connectivity index (χ4n) is 4.77. The third-order valence-electron chi connectivity index (χ3n) is 6.59. The summed E-state index contributed by atoms with van der Waals surface area (Å²) in [7, 11) is 1.68. The zero-order valence-corrected chi connectivity index (χ0v) is 19.3. The first-order valence-electron chi connectivity index (χ1n) is 11.5. The fourth-order valence-corrected chi connectivity index (χ4v) is 4.77. The number of carboxylic acids is 1. The molecule has 2 unspecified atom stereocenters. The van der Waals surface area contributed by atoms with Crippen LogP contribution in [0.4, 0.5) is 11.6 Å². The summed E-state index contributed by atoms with van der Waals surface area (Å²) < 4.78 is 1.76. The zero-order chi connectivity index (χ0) is 23.4. The molecule has 9 nitrogen and oxygen atoms in total. The Balaban J connectivity index is 2.20. The quantitative estimate of drug-likeness (QED) is 0.609. The van der Waals surface area contributed by atoms with Crippen LogP contribution in [-0.4, -0.2) is 45.1 Å². The second-order valence-electron chi connectivity index (χ2n) is 8.43. The molecule has 0 aromatic carbocycles. The average Bonchev–Trinajstić information content (AvgIpc) is 3.20. The van der Waals surface area contributed by atoms with E-state index in [0.29, 0.717) is 35.2 Å². The van der Waals surface area contributed by atoms with Gasteiger partial charge in [0.2, 0.25) is 5.91 Å². The number of pyridine rings is 1. The van der Waals surface area contributed by atoms with E-state index in [9.17, 15) is 14.4 Å². The molecule has 0 bridgehead atoms. The number of rotatable bonds is 9. The van der Waals surface area contributed by atoms with Crippen molar-refractivity contribution in [3.63, 3.8) is 0 Å². The van der Waals surface area contributed by atoms with Gasteiger partial charge in [-0.25, -0.2) is 9.97 Å². The summed E-state index contributed by atoms with van der Waals surface area (Å²) in [5.41, 5.74) is 0.719. The van der Waals surface area contributed by atoms with Crippen LogP contribution in [0.15, 0.2) is 16.9 Å². The van der Waals surface area contributed by atoms with Crippen molar-refractivity contribution in [2.24, 2.45) is 11.8 Å². The van der Waals surface area contributed by atoms with Crippen LogP contribution in [0.25, 0.3) is 11.2 Å². The standard InChI is InChI=1S/C23H33N5O4/c1-5-14-8-9-15(6-2)20(14)28-22-16(10-11-17(26-22)27(4)18(29)7-3)25-21(23(28)32)24-13-12-19(30)31/h10-11,14-15,20H,5-9,12-13H2,1-4H3,(H,24,25)(H,30,31). The highest BCUT2D eigenvalue weighted by Crippen LogP contribution is 2.44. The summed E-state index contributed by atoms with van der Waals surface area (Å²) in [4.78, 5) is 47.4. The molecule has 174 valence electrons. The Morgan fingerprint density at radius 1 is 1.16 bits per heavy atom. The van der Waals surface area contributed by atoms with E-state index >= 15 is 0 Å². The molecule has 9 heteroatoms. The van der Waals surface area contributed by atoms with E-state index in [2.05, 4.69) is 24.1 Å². The molecule has 32 heavy (non-hydrogen) atoms. The number of aliphatic carboxylic acids is 1. The summed E-state index contributed by atoms with van der Waals surface area (Å²) in [6.45, 7) is 6.19. The van der Waals surface area contributed by atoms with Crippen molar-refractivity contribution in [1.29, 1.82) is 0 Å². The molecular formula is C23H33N5O4. The first-order chi connectivity index (χ1) is 15.3. The van der Waals surface area contributed by atoms with Gasteiger partial charge in [-0.2, -0.15) is 0 Å². The number of amides is 1. The maximum atomic E-state index is 13.6. The molecule has 0 radical (unpaired) electrons. The zero-order valence-electron chi connectivity index (χ0n) is 19.3. The highest BCUT2D eigenvalue weighted by Gasteiger charge is 2.37. The number of anilines is 2. The van der Waals surface area contributed by atoms with Gasteiger partial charge in [0.25, 0.3) is 5.56 Å². The Morgan fingerprint density at radius 3 is 2.38 bits per heavy atom. The second-order valence-corrected chi connectivity index (χ2v) is 8.43. The van der Waals surface area contributed by atoms with E-state index < -0.39 is 5.97 Å². The Morgan fingerprint density at radius 2 is 1.81 bits per heavy atom. The van der Waals surface area contributed by atoms with Gasteiger partial charge in [0.15, 0.2) is 11.5 Å². The van der Waals surface area contributed by atoms with Crippen molar-refractivity contribution in [2.45, 2.75) is 65.3 Å². The third-order valence-corrected chi connectivity index (χ3v) is 6.59. The van der Waals surface area contributed by atoms with Crippen molar-refractivity contribution >= 4 is 34.7 Å². The molecule has 3 rings (SSSR count). The van der Waals surface area contributed by atoms with Crippen LogP contribution >= 0.6 is 0 Å². The van der Waals surface area contributed by atoms with Gasteiger partial charge < -0.3 is 10.4 Å². The van der Waals surface area contributed by atoms with Crippen LogP contribution in [0.5, 0.6) is 0 Å². The molecule has 2 N–H and O–H groups in total. The molecule has 0 aliphatic heterocycles. The summed E-state index contributed by atoms with van der Waals surface area (Å²) in [5.74, 6) is 0.296. The lowest BCUT2D eigenvalue weighted by Gasteiger charge is -2.28. The first-order valence-corrected chi connectivity index (χ1v) is 11.5. The van der Waals surface area contributed by atoms with Crippen LogP contribution in [0.1, 0.15) is 65.3 Å². The molecule has 1 fully saturated rings. The molecule has 2 aromatic heterocycles. The summed E-state index contributed by atoms with van der Waals surface area (Å²) in [6, 6.07) is 3.48. The number of hydrogen-bond acceptors (Lipinski definition) is 6. The van der Waals surface area contributed by atoms with Crippen molar-refractivity contribution in [3.8, 4) is 0 Å². The Hall–Kier alpha value is -2.97. The van der Waals surface area contributed by atoms with Crippen LogP contribution in [0, 0.1) is 11.8 Å². The molecule has 2 atom stereocenters. The molecule has 1 amide bonds. The molecule has 0 saturated heterocycles. The average molecular weight is 444 g/mol. The monoisotopic (exact) mass is 443 g/mol. The fraction of sp³-hybridized carbons (Fsp3) is 0.609. The van der Waals surface area contributed by atoms with E-state index in [4.69, 9.17) is 10.1 Å².